The number of nitrogens with zero attached hydrogens (tertiary/aromatic N) is 1. The Balaban J connectivity index is 2.37. The van der Waals surface area contributed by atoms with Gasteiger partial charge in [0.2, 0.25) is 0 Å². The second-order valence-corrected chi connectivity index (χ2v) is 4.53. The Kier molecular flexibility index (Phi) is 3.61. The maximum atomic E-state index is 13.8. The molecule has 1 saturated heterocycles. The largest absolute Gasteiger partial charge is 0.394 e. The number of amides is 1. The van der Waals surface area contributed by atoms with E-state index in [0.717, 1.165) is 12.5 Å². The van der Waals surface area contributed by atoms with Crippen molar-refractivity contribution in [1.82, 2.24) is 4.90 Å². The molecule has 98 valence electrons. The lowest BCUT2D eigenvalue weighted by Gasteiger charge is -2.23. The zero-order chi connectivity index (χ0) is 13.3. The van der Waals surface area contributed by atoms with Crippen LogP contribution >= 0.6 is 0 Å². The standard InChI is InChI=1S/C13H15F2NO2/c1-8-4-5-10(14)11(12(8)15)13(18)16-6-2-3-9(16)7-17/h4-5,9,17H,2-3,6-7H2,1H3/t9-/m1/s1. The molecule has 0 bridgehead atoms. The lowest BCUT2D eigenvalue weighted by atomic mass is 10.1. The minimum absolute atomic E-state index is 0.180. The Morgan fingerprint density at radius 3 is 2.89 bits per heavy atom. The topological polar surface area (TPSA) is 40.5 Å². The summed E-state index contributed by atoms with van der Waals surface area (Å²) in [5.74, 6) is -2.35. The molecule has 1 aliphatic heterocycles. The van der Waals surface area contributed by atoms with E-state index < -0.39 is 23.1 Å². The van der Waals surface area contributed by atoms with E-state index in [4.69, 9.17) is 5.11 Å². The highest BCUT2D eigenvalue weighted by molar-refractivity contribution is 5.95. The molecule has 0 aliphatic carbocycles. The zero-order valence-corrected chi connectivity index (χ0v) is 10.1. The van der Waals surface area contributed by atoms with Gasteiger partial charge in [0.1, 0.15) is 17.2 Å². The monoisotopic (exact) mass is 255 g/mol. The van der Waals surface area contributed by atoms with E-state index in [-0.39, 0.29) is 18.2 Å². The van der Waals surface area contributed by atoms with Crippen molar-refractivity contribution in [2.75, 3.05) is 13.2 Å². The van der Waals surface area contributed by atoms with E-state index in [9.17, 15) is 13.6 Å². The summed E-state index contributed by atoms with van der Waals surface area (Å²) in [4.78, 5) is 13.5. The third kappa shape index (κ3) is 2.10. The quantitative estimate of drug-likeness (QED) is 0.876. The fourth-order valence-electron chi connectivity index (χ4n) is 2.29. The summed E-state index contributed by atoms with van der Waals surface area (Å²) in [6, 6.07) is 2.06. The van der Waals surface area contributed by atoms with Gasteiger partial charge >= 0.3 is 0 Å². The molecule has 1 fully saturated rings. The molecule has 1 aromatic carbocycles. The van der Waals surface area contributed by atoms with E-state index in [0.29, 0.717) is 13.0 Å². The molecule has 1 aliphatic rings. The Labute approximate surface area is 104 Å². The number of hydrogen-bond acceptors (Lipinski definition) is 2. The van der Waals surface area contributed by atoms with Crippen molar-refractivity contribution >= 4 is 5.91 Å². The van der Waals surface area contributed by atoms with Gasteiger partial charge in [-0.1, -0.05) is 6.07 Å². The molecular formula is C13H15F2NO2. The highest BCUT2D eigenvalue weighted by Gasteiger charge is 2.32. The second kappa shape index (κ2) is 5.02. The first kappa shape index (κ1) is 13.0. The van der Waals surface area contributed by atoms with E-state index in [1.165, 1.54) is 17.9 Å². The van der Waals surface area contributed by atoms with Gasteiger partial charge in [-0.25, -0.2) is 8.78 Å². The van der Waals surface area contributed by atoms with Crippen LogP contribution in [0.4, 0.5) is 8.78 Å². The number of halogens is 2. The summed E-state index contributed by atoms with van der Waals surface area (Å²) in [6.07, 6.45) is 1.41. The van der Waals surface area contributed by atoms with Gasteiger partial charge < -0.3 is 10.0 Å². The third-order valence-electron chi connectivity index (χ3n) is 3.35. The molecular weight excluding hydrogens is 240 g/mol. The van der Waals surface area contributed by atoms with E-state index >= 15 is 0 Å². The first-order valence-corrected chi connectivity index (χ1v) is 5.92. The number of aliphatic hydroxyl groups is 1. The number of likely N-dealkylation sites (tertiary alicyclic amines) is 1. The van der Waals surface area contributed by atoms with E-state index in [1.807, 2.05) is 0 Å². The Morgan fingerprint density at radius 2 is 2.22 bits per heavy atom. The molecule has 0 radical (unpaired) electrons. The minimum atomic E-state index is -0.855. The Morgan fingerprint density at radius 1 is 1.50 bits per heavy atom. The third-order valence-corrected chi connectivity index (χ3v) is 3.35. The van der Waals surface area contributed by atoms with Gasteiger partial charge in [-0.15, -0.1) is 0 Å². The molecule has 0 spiro atoms. The SMILES string of the molecule is Cc1ccc(F)c(C(=O)N2CCC[C@@H]2CO)c1F. The molecule has 0 saturated carbocycles. The predicted octanol–water partition coefficient (Wildman–Crippen LogP) is 1.87. The van der Waals surface area contributed by atoms with Gasteiger partial charge in [0.15, 0.2) is 0 Å². The van der Waals surface area contributed by atoms with E-state index in [2.05, 4.69) is 0 Å². The van der Waals surface area contributed by atoms with Crippen LogP contribution in [0.5, 0.6) is 0 Å². The van der Waals surface area contributed by atoms with Crippen LogP contribution in [0.3, 0.4) is 0 Å². The van der Waals surface area contributed by atoms with Crippen LogP contribution in [0.2, 0.25) is 0 Å². The summed E-state index contributed by atoms with van der Waals surface area (Å²) >= 11 is 0. The van der Waals surface area contributed by atoms with Crippen LogP contribution in [-0.4, -0.2) is 35.1 Å². The molecule has 1 N–H and O–H groups in total. The molecule has 1 aromatic rings. The minimum Gasteiger partial charge on any atom is -0.394 e. The van der Waals surface area contributed by atoms with Crippen molar-refractivity contribution in [3.63, 3.8) is 0 Å². The Hall–Kier alpha value is -1.49. The maximum Gasteiger partial charge on any atom is 0.260 e. The van der Waals surface area contributed by atoms with E-state index in [1.54, 1.807) is 0 Å². The van der Waals surface area contributed by atoms with Gasteiger partial charge in [-0.3, -0.25) is 4.79 Å². The number of aliphatic hydroxyl groups excluding tert-OH is 1. The fourth-order valence-corrected chi connectivity index (χ4v) is 2.29. The number of aryl methyl sites for hydroxylation is 1. The van der Waals surface area contributed by atoms with Crippen LogP contribution in [0.15, 0.2) is 12.1 Å². The fraction of sp³-hybridized carbons (Fsp3) is 0.462. The number of carbonyl (C=O) groups excluding carboxylic acids is 1. The number of hydrogen-bond donors (Lipinski definition) is 1. The van der Waals surface area contributed by atoms with Crippen molar-refractivity contribution in [2.24, 2.45) is 0 Å². The smallest absolute Gasteiger partial charge is 0.260 e. The van der Waals surface area contributed by atoms with Gasteiger partial charge in [-0.05, 0) is 31.4 Å². The average molecular weight is 255 g/mol. The highest BCUT2D eigenvalue weighted by atomic mass is 19.1. The second-order valence-electron chi connectivity index (χ2n) is 4.53. The van der Waals surface area contributed by atoms with Crippen molar-refractivity contribution in [1.29, 1.82) is 0 Å². The summed E-state index contributed by atoms with van der Waals surface area (Å²) in [6.45, 7) is 1.73. The lowest BCUT2D eigenvalue weighted by Crippen LogP contribution is -2.38. The van der Waals surface area contributed by atoms with Crippen molar-refractivity contribution < 1.29 is 18.7 Å². The normalized spacial score (nSPS) is 19.3. The Bertz CT molecular complexity index is 476. The summed E-state index contributed by atoms with van der Waals surface area (Å²) in [7, 11) is 0. The van der Waals surface area contributed by atoms with Gasteiger partial charge in [0.05, 0.1) is 12.6 Å². The first-order valence-electron chi connectivity index (χ1n) is 5.92. The maximum absolute atomic E-state index is 13.8. The first-order chi connectivity index (χ1) is 8.56. The number of carbonyl (C=O) groups is 1. The van der Waals surface area contributed by atoms with Crippen LogP contribution in [-0.2, 0) is 0 Å². The van der Waals surface area contributed by atoms with Crippen LogP contribution in [0, 0.1) is 18.6 Å². The molecule has 2 rings (SSSR count). The summed E-state index contributed by atoms with van der Waals surface area (Å²) in [5.41, 5.74) is -0.283. The molecule has 1 heterocycles. The molecule has 3 nitrogen and oxygen atoms in total. The molecule has 0 unspecified atom stereocenters. The van der Waals surface area contributed by atoms with Crippen molar-refractivity contribution in [2.45, 2.75) is 25.8 Å². The van der Waals surface area contributed by atoms with Crippen LogP contribution < -0.4 is 0 Å². The average Bonchev–Trinajstić information content (AvgIpc) is 2.82. The molecule has 0 aromatic heterocycles. The lowest BCUT2D eigenvalue weighted by molar-refractivity contribution is 0.0667. The summed E-state index contributed by atoms with van der Waals surface area (Å²) in [5, 5.41) is 9.14. The van der Waals surface area contributed by atoms with Crippen molar-refractivity contribution in [3.05, 3.63) is 34.9 Å². The van der Waals surface area contributed by atoms with Crippen LogP contribution in [0.1, 0.15) is 28.8 Å². The molecule has 5 heteroatoms. The predicted molar refractivity (Wildman–Crippen MR) is 62.2 cm³/mol. The summed E-state index contributed by atoms with van der Waals surface area (Å²) < 4.78 is 27.5. The number of benzene rings is 1. The molecule has 1 amide bonds. The van der Waals surface area contributed by atoms with Gasteiger partial charge in [-0.2, -0.15) is 0 Å². The molecule has 18 heavy (non-hydrogen) atoms. The molecule has 1 atom stereocenters. The van der Waals surface area contributed by atoms with Crippen molar-refractivity contribution in [3.8, 4) is 0 Å². The van der Waals surface area contributed by atoms with Gasteiger partial charge in [0, 0.05) is 6.54 Å². The number of rotatable bonds is 2. The highest BCUT2D eigenvalue weighted by Crippen LogP contribution is 2.23. The van der Waals surface area contributed by atoms with Crippen LogP contribution in [0.25, 0.3) is 0 Å². The van der Waals surface area contributed by atoms with Gasteiger partial charge in [0.25, 0.3) is 5.91 Å². The zero-order valence-electron chi connectivity index (χ0n) is 10.1.